The fourth-order valence-electron chi connectivity index (χ4n) is 2.62. The molecule has 1 aromatic carbocycles. The Bertz CT molecular complexity index is 637. The van der Waals surface area contributed by atoms with Crippen molar-refractivity contribution in [1.82, 2.24) is 4.98 Å². The molecule has 2 aromatic rings. The molecule has 0 radical (unpaired) electrons. The zero-order valence-corrected chi connectivity index (χ0v) is 12.8. The van der Waals surface area contributed by atoms with Gasteiger partial charge >= 0.3 is 0 Å². The van der Waals surface area contributed by atoms with Crippen molar-refractivity contribution in [2.45, 2.75) is 32.2 Å². The summed E-state index contributed by atoms with van der Waals surface area (Å²) in [4.78, 5) is 6.65. The van der Waals surface area contributed by atoms with E-state index >= 15 is 0 Å². The predicted octanol–water partition coefficient (Wildman–Crippen LogP) is 2.80. The van der Waals surface area contributed by atoms with E-state index in [1.54, 1.807) is 0 Å². The highest BCUT2D eigenvalue weighted by Gasteiger charge is 2.22. The van der Waals surface area contributed by atoms with E-state index in [2.05, 4.69) is 35.4 Å². The Morgan fingerprint density at radius 3 is 2.81 bits per heavy atom. The monoisotopic (exact) mass is 285 g/mol. The number of nitrogens with zero attached hydrogens (tertiary/aromatic N) is 2. The normalized spacial score (nSPS) is 14.4. The largest absolute Gasteiger partial charge is 0.395 e. The summed E-state index contributed by atoms with van der Waals surface area (Å²) in [6.45, 7) is 2.89. The van der Waals surface area contributed by atoms with E-state index < -0.39 is 0 Å². The van der Waals surface area contributed by atoms with E-state index in [0.717, 1.165) is 23.3 Å². The van der Waals surface area contributed by atoms with Crippen LogP contribution in [-0.2, 0) is 6.42 Å². The third-order valence-electron chi connectivity index (χ3n) is 4.07. The van der Waals surface area contributed by atoms with Crippen molar-refractivity contribution in [3.63, 3.8) is 0 Å². The fraction of sp³-hybridized carbons (Fsp3) is 0.471. The van der Waals surface area contributed by atoms with Gasteiger partial charge in [-0.15, -0.1) is 0 Å². The molecule has 1 saturated carbocycles. The number of fused-ring (bicyclic) bond motifs is 1. The lowest BCUT2D eigenvalue weighted by Gasteiger charge is -2.20. The van der Waals surface area contributed by atoms with Crippen molar-refractivity contribution in [2.24, 2.45) is 0 Å². The topological polar surface area (TPSA) is 48.4 Å². The number of hydrogen-bond donors (Lipinski definition) is 2. The van der Waals surface area contributed by atoms with Crippen LogP contribution in [0.5, 0.6) is 0 Å². The predicted molar refractivity (Wildman–Crippen MR) is 88.1 cm³/mol. The first-order chi connectivity index (χ1) is 10.2. The number of aromatic nitrogens is 1. The molecule has 0 aliphatic heterocycles. The van der Waals surface area contributed by atoms with Gasteiger partial charge in [-0.3, -0.25) is 0 Å². The Hall–Kier alpha value is -1.81. The Balaban J connectivity index is 2.09. The number of hydrogen-bond acceptors (Lipinski definition) is 4. The number of anilines is 2. The van der Waals surface area contributed by atoms with Crippen molar-refractivity contribution in [3.8, 4) is 0 Å². The van der Waals surface area contributed by atoms with Gasteiger partial charge in [-0.25, -0.2) is 4.98 Å². The maximum absolute atomic E-state index is 9.17. The molecule has 0 unspecified atom stereocenters. The smallest absolute Gasteiger partial charge is 0.136 e. The SMILES string of the molecule is CCc1ccc2c(NC3CC3)cnc(N(C)CCO)c2c1. The number of nitrogens with one attached hydrogen (secondary N) is 1. The van der Waals surface area contributed by atoms with Gasteiger partial charge < -0.3 is 15.3 Å². The highest BCUT2D eigenvalue weighted by atomic mass is 16.3. The van der Waals surface area contributed by atoms with Gasteiger partial charge in [0.15, 0.2) is 0 Å². The summed E-state index contributed by atoms with van der Waals surface area (Å²) in [5, 5.41) is 15.1. The van der Waals surface area contributed by atoms with Crippen LogP contribution < -0.4 is 10.2 Å². The summed E-state index contributed by atoms with van der Waals surface area (Å²) >= 11 is 0. The third kappa shape index (κ3) is 2.95. The third-order valence-corrected chi connectivity index (χ3v) is 4.07. The summed E-state index contributed by atoms with van der Waals surface area (Å²) in [6.07, 6.45) is 5.44. The number of aliphatic hydroxyl groups excluding tert-OH is 1. The molecule has 1 heterocycles. The molecule has 1 aliphatic carbocycles. The zero-order valence-electron chi connectivity index (χ0n) is 12.8. The van der Waals surface area contributed by atoms with Crippen LogP contribution in [0.4, 0.5) is 11.5 Å². The van der Waals surface area contributed by atoms with Gasteiger partial charge in [0, 0.05) is 30.4 Å². The zero-order chi connectivity index (χ0) is 14.8. The van der Waals surface area contributed by atoms with Crippen LogP contribution in [0, 0.1) is 0 Å². The van der Waals surface area contributed by atoms with E-state index in [1.165, 1.54) is 23.8 Å². The van der Waals surface area contributed by atoms with Crippen LogP contribution in [0.15, 0.2) is 24.4 Å². The lowest BCUT2D eigenvalue weighted by molar-refractivity contribution is 0.304. The second-order valence-electron chi connectivity index (χ2n) is 5.79. The molecule has 2 N–H and O–H groups in total. The minimum absolute atomic E-state index is 0.134. The van der Waals surface area contributed by atoms with E-state index in [-0.39, 0.29) is 6.61 Å². The fourth-order valence-corrected chi connectivity index (χ4v) is 2.62. The van der Waals surface area contributed by atoms with Gasteiger partial charge in [0.05, 0.1) is 18.5 Å². The van der Waals surface area contributed by atoms with Gasteiger partial charge in [-0.1, -0.05) is 19.1 Å². The standard InChI is InChI=1S/C17H23N3O/c1-3-12-4-7-14-15(10-12)17(20(2)8-9-21)18-11-16(14)19-13-5-6-13/h4,7,10-11,13,19,21H,3,5-6,8-9H2,1-2H3. The number of pyridine rings is 1. The molecule has 0 saturated heterocycles. The molecule has 4 heteroatoms. The van der Waals surface area contributed by atoms with Crippen molar-refractivity contribution in [3.05, 3.63) is 30.0 Å². The minimum atomic E-state index is 0.134. The molecule has 21 heavy (non-hydrogen) atoms. The lowest BCUT2D eigenvalue weighted by atomic mass is 10.0. The van der Waals surface area contributed by atoms with Gasteiger partial charge in [-0.05, 0) is 30.9 Å². The number of aliphatic hydroxyl groups is 1. The van der Waals surface area contributed by atoms with Gasteiger partial charge in [0.25, 0.3) is 0 Å². The van der Waals surface area contributed by atoms with Crippen LogP contribution in [0.2, 0.25) is 0 Å². The molecule has 1 aliphatic rings. The molecular formula is C17H23N3O. The molecule has 0 spiro atoms. The molecule has 0 amide bonds. The quantitative estimate of drug-likeness (QED) is 0.857. The summed E-state index contributed by atoms with van der Waals surface area (Å²) in [6, 6.07) is 7.22. The average molecular weight is 285 g/mol. The summed E-state index contributed by atoms with van der Waals surface area (Å²) in [5.74, 6) is 0.940. The minimum Gasteiger partial charge on any atom is -0.395 e. The number of aryl methyl sites for hydroxylation is 1. The maximum atomic E-state index is 9.17. The first kappa shape index (κ1) is 14.1. The van der Waals surface area contributed by atoms with Crippen LogP contribution in [0.1, 0.15) is 25.3 Å². The van der Waals surface area contributed by atoms with Gasteiger partial charge in [-0.2, -0.15) is 0 Å². The number of benzene rings is 1. The summed E-state index contributed by atoms with van der Waals surface area (Å²) < 4.78 is 0. The maximum Gasteiger partial charge on any atom is 0.136 e. The molecule has 112 valence electrons. The first-order valence-corrected chi connectivity index (χ1v) is 7.73. The Morgan fingerprint density at radius 2 is 2.14 bits per heavy atom. The van der Waals surface area contributed by atoms with Crippen molar-refractivity contribution >= 4 is 22.3 Å². The van der Waals surface area contributed by atoms with E-state index in [9.17, 15) is 5.11 Å². The van der Waals surface area contributed by atoms with Crippen LogP contribution in [0.3, 0.4) is 0 Å². The molecule has 3 rings (SSSR count). The van der Waals surface area contributed by atoms with Gasteiger partial charge in [0.1, 0.15) is 5.82 Å². The van der Waals surface area contributed by atoms with Crippen molar-refractivity contribution in [1.29, 1.82) is 0 Å². The highest BCUT2D eigenvalue weighted by Crippen LogP contribution is 2.33. The molecule has 1 fully saturated rings. The lowest BCUT2D eigenvalue weighted by Crippen LogP contribution is -2.22. The molecule has 1 aromatic heterocycles. The Labute approximate surface area is 125 Å². The second-order valence-corrected chi connectivity index (χ2v) is 5.79. The number of rotatable bonds is 6. The van der Waals surface area contributed by atoms with Crippen LogP contribution in [0.25, 0.3) is 10.8 Å². The van der Waals surface area contributed by atoms with E-state index in [0.29, 0.717) is 12.6 Å². The molecular weight excluding hydrogens is 262 g/mol. The Kier molecular flexibility index (Phi) is 3.97. The molecule has 4 nitrogen and oxygen atoms in total. The first-order valence-electron chi connectivity index (χ1n) is 7.73. The summed E-state index contributed by atoms with van der Waals surface area (Å²) in [5.41, 5.74) is 2.43. The van der Waals surface area contributed by atoms with Gasteiger partial charge in [0.2, 0.25) is 0 Å². The van der Waals surface area contributed by atoms with Crippen molar-refractivity contribution < 1.29 is 5.11 Å². The van der Waals surface area contributed by atoms with Crippen LogP contribution >= 0.6 is 0 Å². The second kappa shape index (κ2) is 5.90. The molecule has 0 bridgehead atoms. The van der Waals surface area contributed by atoms with E-state index in [4.69, 9.17) is 0 Å². The average Bonchev–Trinajstić information content (AvgIpc) is 3.31. The van der Waals surface area contributed by atoms with E-state index in [1.807, 2.05) is 18.1 Å². The van der Waals surface area contributed by atoms with Crippen molar-refractivity contribution in [2.75, 3.05) is 30.4 Å². The highest BCUT2D eigenvalue weighted by molar-refractivity contribution is 6.00. The number of likely N-dealkylation sites (N-methyl/N-ethyl adjacent to an activating group) is 1. The summed E-state index contributed by atoms with van der Waals surface area (Å²) in [7, 11) is 1.98. The Morgan fingerprint density at radius 1 is 1.33 bits per heavy atom. The molecule has 0 atom stereocenters. The van der Waals surface area contributed by atoms with Crippen LogP contribution in [-0.4, -0.2) is 36.3 Å².